The highest BCUT2D eigenvalue weighted by molar-refractivity contribution is 6.33. The number of anilines is 1. The van der Waals surface area contributed by atoms with Gasteiger partial charge in [0, 0.05) is 25.2 Å². The van der Waals surface area contributed by atoms with Crippen molar-refractivity contribution >= 4 is 29.0 Å². The molecule has 16 heavy (non-hydrogen) atoms. The van der Waals surface area contributed by atoms with E-state index in [1.807, 2.05) is 13.1 Å². The minimum atomic E-state index is 0.442. The molecule has 4 heteroatoms. The minimum absolute atomic E-state index is 0.442. The van der Waals surface area contributed by atoms with Crippen molar-refractivity contribution in [1.29, 1.82) is 0 Å². The van der Waals surface area contributed by atoms with Crippen LogP contribution in [0, 0.1) is 0 Å². The van der Waals surface area contributed by atoms with Crippen LogP contribution in [0.15, 0.2) is 12.3 Å². The molecule has 0 N–H and O–H groups in total. The zero-order valence-electron chi connectivity index (χ0n) is 10.0. The van der Waals surface area contributed by atoms with E-state index in [2.05, 4.69) is 23.7 Å². The molecule has 90 valence electrons. The Morgan fingerprint density at radius 1 is 1.50 bits per heavy atom. The molecular formula is C12H18Cl2N2. The zero-order chi connectivity index (χ0) is 12.1. The molecule has 0 bridgehead atoms. The third kappa shape index (κ3) is 3.26. The molecule has 1 atom stereocenters. The van der Waals surface area contributed by atoms with Gasteiger partial charge >= 0.3 is 0 Å². The molecule has 1 aromatic rings. The fourth-order valence-corrected chi connectivity index (χ4v) is 2.09. The zero-order valence-corrected chi connectivity index (χ0v) is 11.5. The molecule has 1 heterocycles. The van der Waals surface area contributed by atoms with Crippen LogP contribution in [0.25, 0.3) is 0 Å². The molecular weight excluding hydrogens is 243 g/mol. The predicted molar refractivity (Wildman–Crippen MR) is 71.6 cm³/mol. The Balaban J connectivity index is 2.87. The van der Waals surface area contributed by atoms with Crippen molar-refractivity contribution in [3.05, 3.63) is 22.8 Å². The van der Waals surface area contributed by atoms with Crippen LogP contribution >= 0.6 is 23.2 Å². The third-order valence-electron chi connectivity index (χ3n) is 2.73. The summed E-state index contributed by atoms with van der Waals surface area (Å²) < 4.78 is 0. The van der Waals surface area contributed by atoms with Crippen LogP contribution in [-0.4, -0.2) is 18.1 Å². The molecule has 1 unspecified atom stereocenters. The van der Waals surface area contributed by atoms with Gasteiger partial charge in [0.15, 0.2) is 0 Å². The van der Waals surface area contributed by atoms with Crippen LogP contribution in [0.3, 0.4) is 0 Å². The van der Waals surface area contributed by atoms with E-state index in [1.54, 1.807) is 6.20 Å². The van der Waals surface area contributed by atoms with E-state index in [4.69, 9.17) is 23.2 Å². The fourth-order valence-electron chi connectivity index (χ4n) is 1.62. The van der Waals surface area contributed by atoms with E-state index in [9.17, 15) is 0 Å². The molecule has 0 aliphatic carbocycles. The second kappa shape index (κ2) is 6.31. The molecule has 0 saturated heterocycles. The average Bonchev–Trinajstić information content (AvgIpc) is 2.28. The lowest BCUT2D eigenvalue weighted by atomic mass is 10.1. The summed E-state index contributed by atoms with van der Waals surface area (Å²) in [4.78, 5) is 6.48. The Kier molecular flexibility index (Phi) is 5.36. The Morgan fingerprint density at radius 2 is 2.19 bits per heavy atom. The molecule has 1 aromatic heterocycles. The molecule has 0 amide bonds. The lowest BCUT2D eigenvalue weighted by molar-refractivity contribution is 0.611. The second-order valence-electron chi connectivity index (χ2n) is 4.03. The van der Waals surface area contributed by atoms with Gasteiger partial charge in [-0.3, -0.25) is 0 Å². The van der Waals surface area contributed by atoms with Crippen molar-refractivity contribution in [2.45, 2.75) is 38.6 Å². The number of alkyl halides is 1. The Morgan fingerprint density at radius 3 is 2.69 bits per heavy atom. The molecule has 0 aromatic carbocycles. The van der Waals surface area contributed by atoms with Crippen LogP contribution in [0.5, 0.6) is 0 Å². The van der Waals surface area contributed by atoms with Gasteiger partial charge in [0.25, 0.3) is 0 Å². The van der Waals surface area contributed by atoms with Crippen molar-refractivity contribution in [1.82, 2.24) is 4.98 Å². The van der Waals surface area contributed by atoms with Gasteiger partial charge in [0.2, 0.25) is 0 Å². The molecule has 0 saturated carbocycles. The number of aromatic nitrogens is 1. The monoisotopic (exact) mass is 260 g/mol. The van der Waals surface area contributed by atoms with Gasteiger partial charge in [-0.15, -0.1) is 11.6 Å². The van der Waals surface area contributed by atoms with Crippen LogP contribution in [0.4, 0.5) is 5.82 Å². The molecule has 2 nitrogen and oxygen atoms in total. The number of nitrogens with zero attached hydrogens (tertiary/aromatic N) is 2. The highest BCUT2D eigenvalue weighted by Gasteiger charge is 2.13. The van der Waals surface area contributed by atoms with Gasteiger partial charge < -0.3 is 4.90 Å². The third-order valence-corrected chi connectivity index (χ3v) is 3.32. The summed E-state index contributed by atoms with van der Waals surface area (Å²) in [5.74, 6) is 1.28. The first-order chi connectivity index (χ1) is 7.60. The summed E-state index contributed by atoms with van der Waals surface area (Å²) in [6.45, 7) is 4.35. The maximum Gasteiger partial charge on any atom is 0.147 e. The van der Waals surface area contributed by atoms with Crippen LogP contribution in [0.2, 0.25) is 5.02 Å². The van der Waals surface area contributed by atoms with Crippen molar-refractivity contribution in [3.8, 4) is 0 Å². The first-order valence-electron chi connectivity index (χ1n) is 5.53. The Bertz CT molecular complexity index is 342. The van der Waals surface area contributed by atoms with Gasteiger partial charge in [0.05, 0.1) is 5.02 Å². The van der Waals surface area contributed by atoms with E-state index in [1.165, 1.54) is 0 Å². The van der Waals surface area contributed by atoms with Gasteiger partial charge in [-0.05, 0) is 25.0 Å². The summed E-state index contributed by atoms with van der Waals surface area (Å²) in [7, 11) is 2.02. The average molecular weight is 261 g/mol. The molecule has 0 fully saturated rings. The van der Waals surface area contributed by atoms with Gasteiger partial charge in [-0.25, -0.2) is 4.98 Å². The standard InChI is InChI=1S/C12H18Cl2N2/c1-4-5-9(2)16(3)12-11(14)6-10(7-13)8-15-12/h6,8-9H,4-5,7H2,1-3H3. The second-order valence-corrected chi connectivity index (χ2v) is 4.71. The van der Waals surface area contributed by atoms with Gasteiger partial charge in [-0.2, -0.15) is 0 Å². The van der Waals surface area contributed by atoms with Crippen molar-refractivity contribution in [3.63, 3.8) is 0 Å². The highest BCUT2D eigenvalue weighted by Crippen LogP contribution is 2.25. The van der Waals surface area contributed by atoms with Crippen molar-refractivity contribution in [2.75, 3.05) is 11.9 Å². The van der Waals surface area contributed by atoms with Gasteiger partial charge in [0.1, 0.15) is 5.82 Å². The van der Waals surface area contributed by atoms with Crippen molar-refractivity contribution < 1.29 is 0 Å². The normalized spacial score (nSPS) is 12.6. The largest absolute Gasteiger partial charge is 0.356 e. The van der Waals surface area contributed by atoms with Crippen molar-refractivity contribution in [2.24, 2.45) is 0 Å². The predicted octanol–water partition coefficient (Wildman–Crippen LogP) is 4.10. The molecule has 0 radical (unpaired) electrons. The first kappa shape index (κ1) is 13.6. The summed E-state index contributed by atoms with van der Waals surface area (Å²) in [6.07, 6.45) is 4.07. The number of halogens is 2. The van der Waals surface area contributed by atoms with E-state index in [0.29, 0.717) is 16.9 Å². The van der Waals surface area contributed by atoms with Crippen LogP contribution < -0.4 is 4.90 Å². The van der Waals surface area contributed by atoms with E-state index >= 15 is 0 Å². The van der Waals surface area contributed by atoms with Crippen LogP contribution in [0.1, 0.15) is 32.3 Å². The van der Waals surface area contributed by atoms with Crippen LogP contribution in [-0.2, 0) is 5.88 Å². The first-order valence-corrected chi connectivity index (χ1v) is 6.44. The molecule has 0 spiro atoms. The SMILES string of the molecule is CCCC(C)N(C)c1ncc(CCl)cc1Cl. The lowest BCUT2D eigenvalue weighted by Crippen LogP contribution is -2.29. The molecule has 0 aliphatic rings. The summed E-state index contributed by atoms with van der Waals surface area (Å²) in [5, 5.41) is 0.670. The quantitative estimate of drug-likeness (QED) is 0.742. The Labute approximate surface area is 108 Å². The maximum atomic E-state index is 6.18. The summed E-state index contributed by atoms with van der Waals surface area (Å²) in [5.41, 5.74) is 0.951. The number of hydrogen-bond acceptors (Lipinski definition) is 2. The maximum absolute atomic E-state index is 6.18. The number of hydrogen-bond donors (Lipinski definition) is 0. The van der Waals surface area contributed by atoms with Gasteiger partial charge in [-0.1, -0.05) is 24.9 Å². The van der Waals surface area contributed by atoms with E-state index < -0.39 is 0 Å². The smallest absolute Gasteiger partial charge is 0.147 e. The lowest BCUT2D eigenvalue weighted by Gasteiger charge is -2.26. The fraction of sp³-hybridized carbons (Fsp3) is 0.583. The van der Waals surface area contributed by atoms with E-state index in [0.717, 1.165) is 24.2 Å². The molecule has 1 rings (SSSR count). The summed E-state index contributed by atoms with van der Waals surface area (Å²) >= 11 is 11.9. The van der Waals surface area contributed by atoms with E-state index in [-0.39, 0.29) is 0 Å². The number of rotatable bonds is 5. The topological polar surface area (TPSA) is 16.1 Å². The summed E-state index contributed by atoms with van der Waals surface area (Å²) in [6, 6.07) is 2.32. The Hall–Kier alpha value is -0.470. The number of pyridine rings is 1. The minimum Gasteiger partial charge on any atom is -0.356 e. The highest BCUT2D eigenvalue weighted by atomic mass is 35.5. The molecule has 0 aliphatic heterocycles.